The molecule has 108 valence electrons. The van der Waals surface area contributed by atoms with E-state index in [2.05, 4.69) is 35.2 Å². The van der Waals surface area contributed by atoms with Crippen LogP contribution in [0.5, 0.6) is 0 Å². The Morgan fingerprint density at radius 2 is 2.25 bits per heavy atom. The zero-order chi connectivity index (χ0) is 14.3. The smallest absolute Gasteiger partial charge is 0.109 e. The van der Waals surface area contributed by atoms with Gasteiger partial charge in [-0.05, 0) is 31.7 Å². The summed E-state index contributed by atoms with van der Waals surface area (Å²) in [6.45, 7) is 9.43. The second-order valence-electron chi connectivity index (χ2n) is 6.71. The van der Waals surface area contributed by atoms with Gasteiger partial charge in [-0.15, -0.1) is 0 Å². The van der Waals surface area contributed by atoms with E-state index in [0.29, 0.717) is 6.04 Å². The molecule has 2 heterocycles. The van der Waals surface area contributed by atoms with Crippen LogP contribution in [0.2, 0.25) is 0 Å². The van der Waals surface area contributed by atoms with Crippen molar-refractivity contribution in [1.29, 1.82) is 0 Å². The number of aromatic nitrogens is 2. The van der Waals surface area contributed by atoms with E-state index in [1.807, 2.05) is 20.0 Å². The van der Waals surface area contributed by atoms with E-state index in [1.54, 1.807) is 0 Å². The number of fused-ring (bicyclic) bond motifs is 1. The second kappa shape index (κ2) is 4.77. The van der Waals surface area contributed by atoms with Gasteiger partial charge in [-0.2, -0.15) is 0 Å². The monoisotopic (exact) mass is 273 g/mol. The Balaban J connectivity index is 1.78. The third-order valence-electron chi connectivity index (χ3n) is 4.03. The fraction of sp³-hybridized carbons (Fsp3) is 0.562. The molecule has 1 aliphatic carbocycles. The molecular formula is C16H23N3O. The van der Waals surface area contributed by atoms with Crippen molar-refractivity contribution in [3.8, 4) is 0 Å². The predicted molar refractivity (Wildman–Crippen MR) is 78.5 cm³/mol. The Morgan fingerprint density at radius 1 is 1.45 bits per heavy atom. The Bertz CT molecular complexity index is 609. The summed E-state index contributed by atoms with van der Waals surface area (Å²) in [6, 6.07) is 2.54. The lowest BCUT2D eigenvalue weighted by Crippen LogP contribution is -2.32. The first-order valence-electron chi connectivity index (χ1n) is 7.26. The Kier molecular flexibility index (Phi) is 3.21. The zero-order valence-electron chi connectivity index (χ0n) is 12.7. The van der Waals surface area contributed by atoms with Gasteiger partial charge in [-0.3, -0.25) is 0 Å². The van der Waals surface area contributed by atoms with E-state index in [-0.39, 0.29) is 5.41 Å². The van der Waals surface area contributed by atoms with Crippen LogP contribution < -0.4 is 5.32 Å². The van der Waals surface area contributed by atoms with Crippen LogP contribution in [0.1, 0.15) is 54.9 Å². The number of H-pyrrole nitrogens is 1. The van der Waals surface area contributed by atoms with Gasteiger partial charge in [0.05, 0.1) is 0 Å². The Hall–Kier alpha value is -1.55. The van der Waals surface area contributed by atoms with E-state index < -0.39 is 0 Å². The molecule has 1 atom stereocenters. The third-order valence-corrected chi connectivity index (χ3v) is 4.03. The summed E-state index contributed by atoms with van der Waals surface area (Å²) in [4.78, 5) is 7.51. The summed E-state index contributed by atoms with van der Waals surface area (Å²) in [5, 5.41) is 3.65. The topological polar surface area (TPSA) is 53.9 Å². The largest absolute Gasteiger partial charge is 0.466 e. The van der Waals surface area contributed by atoms with Gasteiger partial charge in [0.15, 0.2) is 0 Å². The average molecular weight is 273 g/mol. The lowest BCUT2D eigenvalue weighted by Gasteiger charge is -2.34. The summed E-state index contributed by atoms with van der Waals surface area (Å²) in [5.41, 5.74) is 2.74. The Labute approximate surface area is 120 Å². The van der Waals surface area contributed by atoms with E-state index in [9.17, 15) is 0 Å². The number of aryl methyl sites for hydroxylation is 2. The summed E-state index contributed by atoms with van der Waals surface area (Å²) >= 11 is 0. The van der Waals surface area contributed by atoms with Crippen LogP contribution in [0, 0.1) is 19.3 Å². The quantitative estimate of drug-likeness (QED) is 0.901. The molecule has 2 aromatic heterocycles. The van der Waals surface area contributed by atoms with Gasteiger partial charge >= 0.3 is 0 Å². The highest BCUT2D eigenvalue weighted by molar-refractivity contribution is 5.29. The summed E-state index contributed by atoms with van der Waals surface area (Å²) in [7, 11) is 0. The van der Waals surface area contributed by atoms with Crippen molar-refractivity contribution in [3.05, 3.63) is 40.9 Å². The molecular weight excluding hydrogens is 250 g/mol. The van der Waals surface area contributed by atoms with Crippen molar-refractivity contribution in [3.63, 3.8) is 0 Å². The van der Waals surface area contributed by atoms with Crippen LogP contribution in [0.25, 0.3) is 0 Å². The minimum Gasteiger partial charge on any atom is -0.466 e. The van der Waals surface area contributed by atoms with Gasteiger partial charge in [-0.1, -0.05) is 13.8 Å². The summed E-state index contributed by atoms with van der Waals surface area (Å²) < 4.78 is 5.87. The molecule has 0 aromatic carbocycles. The van der Waals surface area contributed by atoms with E-state index in [1.165, 1.54) is 5.56 Å². The number of aromatic amines is 1. The van der Waals surface area contributed by atoms with Crippen LogP contribution in [0.15, 0.2) is 16.7 Å². The molecule has 2 aromatic rings. The number of furan rings is 1. The van der Waals surface area contributed by atoms with Gasteiger partial charge in [0.25, 0.3) is 0 Å². The number of imidazole rings is 1. The fourth-order valence-corrected chi connectivity index (χ4v) is 3.16. The number of nitrogens with zero attached hydrogens (tertiary/aromatic N) is 1. The summed E-state index contributed by atoms with van der Waals surface area (Å²) in [5.74, 6) is 3.12. The zero-order valence-corrected chi connectivity index (χ0v) is 12.7. The number of nitrogens with one attached hydrogen (secondary N) is 2. The van der Waals surface area contributed by atoms with Crippen molar-refractivity contribution in [1.82, 2.24) is 15.3 Å². The molecule has 1 unspecified atom stereocenters. The van der Waals surface area contributed by atoms with E-state index in [4.69, 9.17) is 4.42 Å². The molecule has 0 aliphatic heterocycles. The highest BCUT2D eigenvalue weighted by Gasteiger charge is 2.34. The van der Waals surface area contributed by atoms with Crippen LogP contribution in [-0.2, 0) is 13.0 Å². The minimum atomic E-state index is 0.277. The van der Waals surface area contributed by atoms with Gasteiger partial charge in [-0.25, -0.2) is 4.98 Å². The number of rotatable bonds is 3. The lowest BCUT2D eigenvalue weighted by molar-refractivity contribution is 0.233. The summed E-state index contributed by atoms with van der Waals surface area (Å²) in [6.07, 6.45) is 4.06. The first-order chi connectivity index (χ1) is 9.43. The first-order valence-corrected chi connectivity index (χ1v) is 7.26. The highest BCUT2D eigenvalue weighted by Crippen LogP contribution is 2.42. The molecule has 0 spiro atoms. The van der Waals surface area contributed by atoms with Crippen molar-refractivity contribution in [2.45, 2.75) is 53.1 Å². The van der Waals surface area contributed by atoms with Crippen molar-refractivity contribution < 1.29 is 4.42 Å². The van der Waals surface area contributed by atoms with Crippen LogP contribution in [-0.4, -0.2) is 9.97 Å². The van der Waals surface area contributed by atoms with Crippen molar-refractivity contribution >= 4 is 0 Å². The molecule has 0 radical (unpaired) electrons. The normalized spacial score (nSPS) is 20.9. The molecule has 0 fully saturated rings. The SMILES string of the molecule is Cc1ncc(CNC2CC(C)(C)Cc3oc(C)cc32)[nH]1. The average Bonchev–Trinajstić information content (AvgIpc) is 2.90. The fourth-order valence-electron chi connectivity index (χ4n) is 3.16. The molecule has 2 N–H and O–H groups in total. The molecule has 3 rings (SSSR count). The maximum atomic E-state index is 5.87. The molecule has 0 saturated carbocycles. The molecule has 4 heteroatoms. The molecule has 0 amide bonds. The van der Waals surface area contributed by atoms with Crippen molar-refractivity contribution in [2.24, 2.45) is 5.41 Å². The van der Waals surface area contributed by atoms with Crippen LogP contribution in [0.4, 0.5) is 0 Å². The second-order valence-corrected chi connectivity index (χ2v) is 6.71. The molecule has 0 saturated heterocycles. The maximum absolute atomic E-state index is 5.87. The lowest BCUT2D eigenvalue weighted by atomic mass is 9.74. The first kappa shape index (κ1) is 13.4. The van der Waals surface area contributed by atoms with Crippen LogP contribution in [0.3, 0.4) is 0 Å². The number of hydrogen-bond donors (Lipinski definition) is 2. The van der Waals surface area contributed by atoms with Gasteiger partial charge in [0.2, 0.25) is 0 Å². The minimum absolute atomic E-state index is 0.277. The highest BCUT2D eigenvalue weighted by atomic mass is 16.3. The third kappa shape index (κ3) is 2.66. The number of hydrogen-bond acceptors (Lipinski definition) is 3. The molecule has 4 nitrogen and oxygen atoms in total. The predicted octanol–water partition coefficient (Wildman–Crippen LogP) is 3.42. The van der Waals surface area contributed by atoms with Crippen LogP contribution >= 0.6 is 0 Å². The Morgan fingerprint density at radius 3 is 2.95 bits per heavy atom. The molecule has 1 aliphatic rings. The molecule has 0 bridgehead atoms. The molecule has 20 heavy (non-hydrogen) atoms. The maximum Gasteiger partial charge on any atom is 0.109 e. The van der Waals surface area contributed by atoms with E-state index in [0.717, 1.165) is 42.4 Å². The van der Waals surface area contributed by atoms with Crippen molar-refractivity contribution in [2.75, 3.05) is 0 Å². The van der Waals surface area contributed by atoms with Gasteiger partial charge < -0.3 is 14.7 Å². The van der Waals surface area contributed by atoms with Gasteiger partial charge in [0.1, 0.15) is 17.3 Å². The van der Waals surface area contributed by atoms with Gasteiger partial charge in [0, 0.05) is 36.5 Å². The standard InChI is InChI=1S/C16H23N3O/c1-10-5-13-14(6-16(3,4)7-15(13)20-10)18-9-12-8-17-11(2)19-12/h5,8,14,18H,6-7,9H2,1-4H3,(H,17,19). The van der Waals surface area contributed by atoms with E-state index >= 15 is 0 Å².